The van der Waals surface area contributed by atoms with E-state index >= 15 is 0 Å². The summed E-state index contributed by atoms with van der Waals surface area (Å²) in [7, 11) is 0. The maximum atomic E-state index is 9.44. The third-order valence-corrected chi connectivity index (χ3v) is 4.08. The lowest BCUT2D eigenvalue weighted by molar-refractivity contribution is 0.475. The molecule has 3 aromatic rings. The number of halogens is 2. The van der Waals surface area contributed by atoms with Gasteiger partial charge in [-0.2, -0.15) is 0 Å². The van der Waals surface area contributed by atoms with Crippen molar-refractivity contribution < 1.29 is 10.2 Å². The second-order valence-electron chi connectivity index (χ2n) is 5.18. The zero-order valence-corrected chi connectivity index (χ0v) is 14.1. The van der Waals surface area contributed by atoms with Crippen LogP contribution in [0.2, 0.25) is 0 Å². The first-order chi connectivity index (χ1) is 11.6. The van der Waals surface area contributed by atoms with Crippen LogP contribution in [-0.4, -0.2) is 20.2 Å². The molecule has 1 heterocycles. The molecule has 2 N–H and O–H groups in total. The van der Waals surface area contributed by atoms with Crippen LogP contribution in [0.3, 0.4) is 0 Å². The molecule has 0 unspecified atom stereocenters. The van der Waals surface area contributed by atoms with Gasteiger partial charge in [0.2, 0.25) is 0 Å². The Morgan fingerprint density at radius 2 is 0.958 bits per heavy atom. The van der Waals surface area contributed by atoms with Gasteiger partial charge in [0.05, 0.1) is 34.5 Å². The van der Waals surface area contributed by atoms with Crippen molar-refractivity contribution in [2.45, 2.75) is 11.8 Å². The van der Waals surface area contributed by atoms with E-state index in [4.69, 9.17) is 23.2 Å². The Labute approximate surface area is 149 Å². The predicted molar refractivity (Wildman–Crippen MR) is 95.3 cm³/mol. The topological polar surface area (TPSA) is 66.2 Å². The summed E-state index contributed by atoms with van der Waals surface area (Å²) in [6, 6.07) is 13.4. The van der Waals surface area contributed by atoms with Gasteiger partial charge in [-0.3, -0.25) is 0 Å². The van der Waals surface area contributed by atoms with Crippen molar-refractivity contribution in [3.63, 3.8) is 0 Å². The highest BCUT2D eigenvalue weighted by Gasteiger charge is 2.15. The Morgan fingerprint density at radius 1 is 0.625 bits per heavy atom. The van der Waals surface area contributed by atoms with Crippen LogP contribution in [0.4, 0.5) is 0 Å². The fourth-order valence-electron chi connectivity index (χ4n) is 2.39. The van der Waals surface area contributed by atoms with Gasteiger partial charge in [-0.25, -0.2) is 9.97 Å². The predicted octanol–water partition coefficient (Wildman–Crippen LogP) is 4.70. The summed E-state index contributed by atoms with van der Waals surface area (Å²) in [5.74, 6) is 0.739. The number of hydrogen-bond donors (Lipinski definition) is 2. The number of aromatic hydroxyl groups is 2. The number of aromatic nitrogens is 2. The van der Waals surface area contributed by atoms with E-state index in [0.717, 1.165) is 11.1 Å². The number of phenolic OH excluding ortho intramolecular Hbond substituents is 2. The molecule has 0 atom stereocenters. The van der Waals surface area contributed by atoms with E-state index in [2.05, 4.69) is 9.97 Å². The number of hydrogen-bond acceptors (Lipinski definition) is 4. The molecule has 0 bridgehead atoms. The normalized spacial score (nSPS) is 10.8. The number of phenols is 2. The third-order valence-electron chi connectivity index (χ3n) is 3.57. The average molecular weight is 361 g/mol. The highest BCUT2D eigenvalue weighted by atomic mass is 35.5. The lowest BCUT2D eigenvalue weighted by Gasteiger charge is -2.13. The molecule has 0 fully saturated rings. The Morgan fingerprint density at radius 3 is 1.25 bits per heavy atom. The molecule has 2 aromatic carbocycles. The van der Waals surface area contributed by atoms with Crippen LogP contribution >= 0.6 is 23.2 Å². The largest absolute Gasteiger partial charge is 0.508 e. The molecule has 3 rings (SSSR count). The van der Waals surface area contributed by atoms with Crippen LogP contribution in [0.1, 0.15) is 11.4 Å². The summed E-state index contributed by atoms with van der Waals surface area (Å²) in [5.41, 5.74) is 4.14. The molecule has 0 spiro atoms. The minimum absolute atomic E-state index is 0.178. The summed E-state index contributed by atoms with van der Waals surface area (Å²) in [6.45, 7) is 0. The molecule has 6 heteroatoms. The first-order valence-corrected chi connectivity index (χ1v) is 8.30. The first-order valence-electron chi connectivity index (χ1n) is 7.23. The summed E-state index contributed by atoms with van der Waals surface area (Å²) >= 11 is 12.1. The Hall–Kier alpha value is -2.30. The van der Waals surface area contributed by atoms with Crippen LogP contribution < -0.4 is 0 Å². The van der Waals surface area contributed by atoms with Crippen LogP contribution in [0.5, 0.6) is 11.5 Å². The summed E-state index contributed by atoms with van der Waals surface area (Å²) in [5, 5.41) is 18.9. The van der Waals surface area contributed by atoms with Gasteiger partial charge >= 0.3 is 0 Å². The SMILES string of the molecule is Oc1ccc(-c2nc(CCl)c(-c3ccc(O)cc3)nc2CCl)cc1. The molecule has 0 aliphatic rings. The highest BCUT2D eigenvalue weighted by Crippen LogP contribution is 2.30. The molecule has 0 aliphatic carbocycles. The summed E-state index contributed by atoms with van der Waals surface area (Å²) in [4.78, 5) is 9.28. The second kappa shape index (κ2) is 7.07. The zero-order valence-electron chi connectivity index (χ0n) is 12.6. The Bertz CT molecular complexity index is 777. The van der Waals surface area contributed by atoms with Crippen molar-refractivity contribution in [2.24, 2.45) is 0 Å². The summed E-state index contributed by atoms with van der Waals surface area (Å²) < 4.78 is 0. The maximum absolute atomic E-state index is 9.44. The standard InChI is InChI=1S/C18H14Cl2N2O2/c19-9-15-17(11-1-5-13(23)6-2-11)21-16(10-20)18(22-15)12-3-7-14(24)8-4-12/h1-8,23-24H,9-10H2. The van der Waals surface area contributed by atoms with Gasteiger partial charge in [-0.1, -0.05) is 0 Å². The molecule has 0 amide bonds. The first kappa shape index (κ1) is 16.6. The fraction of sp³-hybridized carbons (Fsp3) is 0.111. The van der Waals surface area contributed by atoms with Crippen molar-refractivity contribution in [3.8, 4) is 34.0 Å². The maximum Gasteiger partial charge on any atom is 0.115 e. The zero-order chi connectivity index (χ0) is 17.1. The number of benzene rings is 2. The minimum Gasteiger partial charge on any atom is -0.508 e. The van der Waals surface area contributed by atoms with Crippen LogP contribution in [0.15, 0.2) is 48.5 Å². The van der Waals surface area contributed by atoms with Gasteiger partial charge < -0.3 is 10.2 Å². The lowest BCUT2D eigenvalue weighted by Crippen LogP contribution is -2.03. The Kier molecular flexibility index (Phi) is 4.88. The molecular formula is C18H14Cl2N2O2. The van der Waals surface area contributed by atoms with Crippen molar-refractivity contribution in [2.75, 3.05) is 0 Å². The van der Waals surface area contributed by atoms with Gasteiger partial charge in [-0.05, 0) is 48.5 Å². The van der Waals surface area contributed by atoms with Crippen LogP contribution in [0.25, 0.3) is 22.5 Å². The van der Waals surface area contributed by atoms with Crippen LogP contribution in [0, 0.1) is 0 Å². The number of rotatable bonds is 4. The third kappa shape index (κ3) is 3.30. The average Bonchev–Trinajstić information content (AvgIpc) is 2.62. The molecule has 4 nitrogen and oxygen atoms in total. The Balaban J connectivity index is 2.16. The van der Waals surface area contributed by atoms with Gasteiger partial charge in [0, 0.05) is 11.1 Å². The van der Waals surface area contributed by atoms with E-state index < -0.39 is 0 Å². The fourth-order valence-corrected chi connectivity index (χ4v) is 2.76. The molecule has 1 aromatic heterocycles. The molecule has 0 radical (unpaired) electrons. The molecule has 0 saturated heterocycles. The van der Waals surface area contributed by atoms with Gasteiger partial charge in [0.25, 0.3) is 0 Å². The van der Waals surface area contributed by atoms with Gasteiger partial charge in [0.1, 0.15) is 11.5 Å². The van der Waals surface area contributed by atoms with Gasteiger partial charge in [0.15, 0.2) is 0 Å². The van der Waals surface area contributed by atoms with E-state index in [1.165, 1.54) is 0 Å². The number of alkyl halides is 2. The van der Waals surface area contributed by atoms with Crippen molar-refractivity contribution in [1.82, 2.24) is 9.97 Å². The smallest absolute Gasteiger partial charge is 0.115 e. The number of nitrogens with zero attached hydrogens (tertiary/aromatic N) is 2. The van der Waals surface area contributed by atoms with Crippen molar-refractivity contribution in [1.29, 1.82) is 0 Å². The van der Waals surface area contributed by atoms with E-state index in [1.54, 1.807) is 48.5 Å². The minimum atomic E-state index is 0.178. The van der Waals surface area contributed by atoms with E-state index in [0.29, 0.717) is 22.8 Å². The molecule has 122 valence electrons. The van der Waals surface area contributed by atoms with Crippen molar-refractivity contribution >= 4 is 23.2 Å². The van der Waals surface area contributed by atoms with Crippen LogP contribution in [-0.2, 0) is 11.8 Å². The monoisotopic (exact) mass is 360 g/mol. The second-order valence-corrected chi connectivity index (χ2v) is 5.71. The molecule has 0 saturated carbocycles. The molecule has 24 heavy (non-hydrogen) atoms. The van der Waals surface area contributed by atoms with E-state index in [9.17, 15) is 10.2 Å². The van der Waals surface area contributed by atoms with E-state index in [-0.39, 0.29) is 23.3 Å². The summed E-state index contributed by atoms with van der Waals surface area (Å²) in [6.07, 6.45) is 0. The quantitative estimate of drug-likeness (QED) is 0.661. The molecular weight excluding hydrogens is 347 g/mol. The van der Waals surface area contributed by atoms with Gasteiger partial charge in [-0.15, -0.1) is 23.2 Å². The molecule has 0 aliphatic heterocycles. The van der Waals surface area contributed by atoms with E-state index in [1.807, 2.05) is 0 Å². The lowest BCUT2D eigenvalue weighted by atomic mass is 10.1. The highest BCUT2D eigenvalue weighted by molar-refractivity contribution is 6.17. The van der Waals surface area contributed by atoms with Crippen molar-refractivity contribution in [3.05, 3.63) is 59.9 Å².